The van der Waals surface area contributed by atoms with Crippen LogP contribution < -0.4 is 10.2 Å². The molecule has 1 aromatic rings. The van der Waals surface area contributed by atoms with Gasteiger partial charge in [-0.25, -0.2) is 0 Å². The normalized spacial score (nSPS) is 13.1. The fourth-order valence-corrected chi connectivity index (χ4v) is 2.28. The first-order chi connectivity index (χ1) is 9.97. The number of fused-ring (bicyclic) bond motifs is 1. The number of aryl methyl sites for hydroxylation is 1. The molecule has 0 bridgehead atoms. The summed E-state index contributed by atoms with van der Waals surface area (Å²) < 4.78 is 0. The Kier molecular flexibility index (Phi) is 4.03. The lowest BCUT2D eigenvalue weighted by atomic mass is 10.0. The van der Waals surface area contributed by atoms with E-state index in [2.05, 4.69) is 5.32 Å². The highest BCUT2D eigenvalue weighted by Crippen LogP contribution is 2.33. The quantitative estimate of drug-likeness (QED) is 0.656. The van der Waals surface area contributed by atoms with Crippen molar-refractivity contribution in [1.82, 2.24) is 5.32 Å². The predicted molar refractivity (Wildman–Crippen MR) is 75.8 cm³/mol. The third-order valence-electron chi connectivity index (χ3n) is 3.52. The molecule has 0 aliphatic carbocycles. The maximum absolute atomic E-state index is 12.0. The van der Waals surface area contributed by atoms with Crippen LogP contribution in [0, 0.1) is 25.2 Å². The SMILES string of the molecule is Cc1ccc2c(c1C)N(CC(=O)NCCC#N)C(=O)C2=O. The van der Waals surface area contributed by atoms with Crippen molar-refractivity contribution in [3.8, 4) is 6.07 Å². The number of hydrogen-bond donors (Lipinski definition) is 1. The fraction of sp³-hybridized carbons (Fsp3) is 0.333. The maximum Gasteiger partial charge on any atom is 0.299 e. The van der Waals surface area contributed by atoms with Crippen molar-refractivity contribution in [2.45, 2.75) is 20.3 Å². The summed E-state index contributed by atoms with van der Waals surface area (Å²) in [6.45, 7) is 3.72. The zero-order chi connectivity index (χ0) is 15.6. The topological polar surface area (TPSA) is 90.3 Å². The Balaban J connectivity index is 2.25. The van der Waals surface area contributed by atoms with E-state index < -0.39 is 11.7 Å². The summed E-state index contributed by atoms with van der Waals surface area (Å²) in [6, 6.07) is 5.32. The van der Waals surface area contributed by atoms with Crippen molar-refractivity contribution in [1.29, 1.82) is 5.26 Å². The van der Waals surface area contributed by atoms with Crippen LogP contribution in [0.4, 0.5) is 5.69 Å². The summed E-state index contributed by atoms with van der Waals surface area (Å²) in [5.41, 5.74) is 2.62. The summed E-state index contributed by atoms with van der Waals surface area (Å²) in [6.07, 6.45) is 0.202. The van der Waals surface area contributed by atoms with E-state index in [-0.39, 0.29) is 25.4 Å². The first kappa shape index (κ1) is 14.7. The van der Waals surface area contributed by atoms with Crippen molar-refractivity contribution < 1.29 is 14.4 Å². The van der Waals surface area contributed by atoms with Gasteiger partial charge in [-0.1, -0.05) is 6.07 Å². The van der Waals surface area contributed by atoms with Crippen LogP contribution in [0.2, 0.25) is 0 Å². The average Bonchev–Trinajstić information content (AvgIpc) is 2.69. The second-order valence-electron chi connectivity index (χ2n) is 4.88. The number of Topliss-reactive ketones (excluding diaryl/α,β-unsaturated/α-hetero) is 1. The smallest absolute Gasteiger partial charge is 0.299 e. The molecule has 21 heavy (non-hydrogen) atoms. The predicted octanol–water partition coefficient (Wildman–Crippen LogP) is 0.863. The van der Waals surface area contributed by atoms with Crippen LogP contribution in [-0.2, 0) is 9.59 Å². The Labute approximate surface area is 122 Å². The third kappa shape index (κ3) is 2.63. The van der Waals surface area contributed by atoms with Gasteiger partial charge in [-0.3, -0.25) is 19.3 Å². The molecule has 6 heteroatoms. The molecule has 0 spiro atoms. The maximum atomic E-state index is 12.0. The number of rotatable bonds is 4. The minimum absolute atomic E-state index is 0.202. The van der Waals surface area contributed by atoms with E-state index in [0.29, 0.717) is 11.3 Å². The van der Waals surface area contributed by atoms with Crippen molar-refractivity contribution in [3.63, 3.8) is 0 Å². The Morgan fingerprint density at radius 3 is 2.71 bits per heavy atom. The molecule has 0 radical (unpaired) electrons. The molecular weight excluding hydrogens is 270 g/mol. The number of carbonyl (C=O) groups is 3. The summed E-state index contributed by atoms with van der Waals surface area (Å²) in [5, 5.41) is 11.0. The fourth-order valence-electron chi connectivity index (χ4n) is 2.28. The molecule has 0 unspecified atom stereocenters. The molecule has 1 aliphatic rings. The van der Waals surface area contributed by atoms with Gasteiger partial charge in [0.05, 0.1) is 23.7 Å². The van der Waals surface area contributed by atoms with E-state index in [0.717, 1.165) is 11.1 Å². The molecular formula is C15H15N3O3. The van der Waals surface area contributed by atoms with Gasteiger partial charge in [0.1, 0.15) is 6.54 Å². The van der Waals surface area contributed by atoms with Crippen LogP contribution in [0.15, 0.2) is 12.1 Å². The number of benzene rings is 1. The van der Waals surface area contributed by atoms with Crippen molar-refractivity contribution in [2.75, 3.05) is 18.0 Å². The monoisotopic (exact) mass is 285 g/mol. The Morgan fingerprint density at radius 2 is 2.05 bits per heavy atom. The second-order valence-corrected chi connectivity index (χ2v) is 4.88. The van der Waals surface area contributed by atoms with Crippen LogP contribution in [0.25, 0.3) is 0 Å². The minimum Gasteiger partial charge on any atom is -0.354 e. The molecule has 2 rings (SSSR count). The van der Waals surface area contributed by atoms with Crippen LogP contribution in [-0.4, -0.2) is 30.7 Å². The van der Waals surface area contributed by atoms with E-state index in [9.17, 15) is 14.4 Å². The molecule has 0 saturated heterocycles. The average molecular weight is 285 g/mol. The van der Waals surface area contributed by atoms with E-state index >= 15 is 0 Å². The molecule has 1 heterocycles. The van der Waals surface area contributed by atoms with Crippen molar-refractivity contribution >= 4 is 23.3 Å². The number of ketones is 1. The number of nitrogens with zero attached hydrogens (tertiary/aromatic N) is 2. The van der Waals surface area contributed by atoms with Gasteiger partial charge in [0, 0.05) is 6.54 Å². The molecule has 0 aromatic heterocycles. The van der Waals surface area contributed by atoms with E-state index in [1.54, 1.807) is 12.1 Å². The zero-order valence-electron chi connectivity index (χ0n) is 11.9. The number of anilines is 1. The summed E-state index contributed by atoms with van der Waals surface area (Å²) in [7, 11) is 0. The van der Waals surface area contributed by atoms with Gasteiger partial charge in [-0.05, 0) is 31.0 Å². The van der Waals surface area contributed by atoms with Gasteiger partial charge in [0.2, 0.25) is 5.91 Å². The van der Waals surface area contributed by atoms with Crippen LogP contribution in [0.3, 0.4) is 0 Å². The summed E-state index contributed by atoms with van der Waals surface area (Å²) >= 11 is 0. The van der Waals surface area contributed by atoms with Gasteiger partial charge in [-0.2, -0.15) is 5.26 Å². The van der Waals surface area contributed by atoms with Gasteiger partial charge in [-0.15, -0.1) is 0 Å². The molecule has 1 N–H and O–H groups in total. The van der Waals surface area contributed by atoms with Crippen molar-refractivity contribution in [3.05, 3.63) is 28.8 Å². The third-order valence-corrected chi connectivity index (χ3v) is 3.52. The largest absolute Gasteiger partial charge is 0.354 e. The highest BCUT2D eigenvalue weighted by atomic mass is 16.2. The minimum atomic E-state index is -0.686. The highest BCUT2D eigenvalue weighted by molar-refractivity contribution is 6.52. The van der Waals surface area contributed by atoms with Gasteiger partial charge in [0.15, 0.2) is 0 Å². The molecule has 108 valence electrons. The lowest BCUT2D eigenvalue weighted by molar-refractivity contribution is -0.122. The Bertz CT molecular complexity index is 673. The molecule has 1 aromatic carbocycles. The lowest BCUT2D eigenvalue weighted by Gasteiger charge is -2.18. The molecule has 6 nitrogen and oxygen atoms in total. The Hall–Kier alpha value is -2.68. The van der Waals surface area contributed by atoms with Crippen molar-refractivity contribution in [2.24, 2.45) is 0 Å². The number of hydrogen-bond acceptors (Lipinski definition) is 4. The molecule has 0 saturated carbocycles. The first-order valence-electron chi connectivity index (χ1n) is 6.57. The molecule has 0 fully saturated rings. The van der Waals surface area contributed by atoms with Crippen LogP contribution >= 0.6 is 0 Å². The van der Waals surface area contributed by atoms with Crippen LogP contribution in [0.1, 0.15) is 27.9 Å². The summed E-state index contributed by atoms with van der Waals surface area (Å²) in [5.74, 6) is -1.66. The van der Waals surface area contributed by atoms with Gasteiger partial charge < -0.3 is 5.32 Å². The van der Waals surface area contributed by atoms with Gasteiger partial charge in [0.25, 0.3) is 11.7 Å². The standard InChI is InChI=1S/C15H15N3O3/c1-9-4-5-11-13(10(9)2)18(15(21)14(11)20)8-12(19)17-7-3-6-16/h4-5H,3,7-8H2,1-2H3,(H,17,19). The van der Waals surface area contributed by atoms with E-state index in [1.165, 1.54) is 4.90 Å². The number of carbonyl (C=O) groups excluding carboxylic acids is 3. The lowest BCUT2D eigenvalue weighted by Crippen LogP contribution is -2.40. The molecule has 0 atom stereocenters. The second kappa shape index (κ2) is 5.75. The van der Waals surface area contributed by atoms with E-state index in [1.807, 2.05) is 19.9 Å². The van der Waals surface area contributed by atoms with Crippen LogP contribution in [0.5, 0.6) is 0 Å². The number of nitriles is 1. The Morgan fingerprint density at radius 1 is 1.33 bits per heavy atom. The summed E-state index contributed by atoms with van der Waals surface area (Å²) in [4.78, 5) is 37.0. The van der Waals surface area contributed by atoms with Gasteiger partial charge >= 0.3 is 0 Å². The van der Waals surface area contributed by atoms with E-state index in [4.69, 9.17) is 5.26 Å². The first-order valence-corrected chi connectivity index (χ1v) is 6.57. The zero-order valence-corrected chi connectivity index (χ0v) is 11.9. The number of amides is 2. The molecule has 1 aliphatic heterocycles. The number of nitrogens with one attached hydrogen (secondary N) is 1. The molecule has 2 amide bonds. The highest BCUT2D eigenvalue weighted by Gasteiger charge is 2.38.